The molecule has 0 spiro atoms. The molecule has 0 aromatic heterocycles. The number of carbonyl (C=O) groups excluding carboxylic acids is 2. The minimum atomic E-state index is -0.966. The van der Waals surface area contributed by atoms with E-state index in [2.05, 4.69) is 17.2 Å². The number of ether oxygens (including phenoxy) is 1. The summed E-state index contributed by atoms with van der Waals surface area (Å²) in [6.07, 6.45) is 6.79. The molecule has 3 rings (SSSR count). The van der Waals surface area contributed by atoms with Crippen LogP contribution in [-0.2, 0) is 20.9 Å². The number of nitrogens with one attached hydrogen (secondary N) is 1. The first kappa shape index (κ1) is 24.5. The third-order valence-electron chi connectivity index (χ3n) is 5.79. The molecule has 0 aliphatic carbocycles. The second-order valence-electron chi connectivity index (χ2n) is 8.56. The molecule has 1 fully saturated rings. The lowest BCUT2D eigenvalue weighted by molar-refractivity contribution is -0.144. The van der Waals surface area contributed by atoms with Crippen LogP contribution in [0.5, 0.6) is 5.75 Å². The maximum atomic E-state index is 12.4. The molecule has 0 radical (unpaired) electrons. The zero-order valence-corrected chi connectivity index (χ0v) is 19.3. The number of hydrogen-bond acceptors (Lipinski definition) is 6. The van der Waals surface area contributed by atoms with Gasteiger partial charge in [-0.25, -0.2) is 4.99 Å². The lowest BCUT2D eigenvalue weighted by Gasteiger charge is -2.23. The number of benzene rings is 1. The highest BCUT2D eigenvalue weighted by Gasteiger charge is 2.29. The van der Waals surface area contributed by atoms with Crippen LogP contribution in [-0.4, -0.2) is 64.9 Å². The number of carboxylic acids is 1. The van der Waals surface area contributed by atoms with Crippen molar-refractivity contribution in [1.29, 1.82) is 0 Å². The van der Waals surface area contributed by atoms with Gasteiger partial charge in [0.15, 0.2) is 0 Å². The third-order valence-corrected chi connectivity index (χ3v) is 5.79. The Hall–Kier alpha value is -3.10. The van der Waals surface area contributed by atoms with Gasteiger partial charge in [-0.05, 0) is 43.9 Å². The third kappa shape index (κ3) is 7.47. The van der Waals surface area contributed by atoms with Gasteiger partial charge in [-0.15, -0.1) is 0 Å². The molecule has 2 amide bonds. The summed E-state index contributed by atoms with van der Waals surface area (Å²) in [6, 6.07) is 5.74. The van der Waals surface area contributed by atoms with Crippen LogP contribution < -0.4 is 10.1 Å². The number of unbranched alkanes of at least 4 members (excludes halogenated alkanes) is 5. The van der Waals surface area contributed by atoms with E-state index in [1.807, 2.05) is 23.1 Å². The van der Waals surface area contributed by atoms with Gasteiger partial charge in [0, 0.05) is 25.1 Å². The fourth-order valence-electron chi connectivity index (χ4n) is 4.02. The Labute approximate surface area is 194 Å². The summed E-state index contributed by atoms with van der Waals surface area (Å²) in [5.74, 6) is 0.283. The molecule has 9 heteroatoms. The van der Waals surface area contributed by atoms with Gasteiger partial charge in [0.2, 0.25) is 17.8 Å². The summed E-state index contributed by atoms with van der Waals surface area (Å²) in [5.41, 5.74) is 1.87. The van der Waals surface area contributed by atoms with Crippen molar-refractivity contribution >= 4 is 29.4 Å². The van der Waals surface area contributed by atoms with E-state index < -0.39 is 5.97 Å². The number of carboxylic acid groups (broad SMARTS) is 1. The van der Waals surface area contributed by atoms with Crippen molar-refractivity contribution < 1.29 is 24.2 Å². The highest BCUT2D eigenvalue weighted by atomic mass is 16.5. The molecule has 1 aromatic carbocycles. The van der Waals surface area contributed by atoms with E-state index in [0.29, 0.717) is 45.0 Å². The van der Waals surface area contributed by atoms with Crippen LogP contribution in [0.2, 0.25) is 0 Å². The van der Waals surface area contributed by atoms with Crippen molar-refractivity contribution in [3.63, 3.8) is 0 Å². The highest BCUT2D eigenvalue weighted by molar-refractivity contribution is 6.05. The van der Waals surface area contributed by atoms with E-state index in [0.717, 1.165) is 55.5 Å². The average molecular weight is 459 g/mol. The van der Waals surface area contributed by atoms with Crippen molar-refractivity contribution in [3.8, 4) is 5.75 Å². The molecule has 0 atom stereocenters. The van der Waals surface area contributed by atoms with Crippen LogP contribution in [0.3, 0.4) is 0 Å². The van der Waals surface area contributed by atoms with Crippen LogP contribution in [0, 0.1) is 0 Å². The van der Waals surface area contributed by atoms with E-state index in [-0.39, 0.29) is 18.4 Å². The molecule has 2 aliphatic rings. The predicted octanol–water partition coefficient (Wildman–Crippen LogP) is 3.05. The summed E-state index contributed by atoms with van der Waals surface area (Å²) in [7, 11) is 0. The summed E-state index contributed by atoms with van der Waals surface area (Å²) >= 11 is 0. The molecule has 180 valence electrons. The van der Waals surface area contributed by atoms with Crippen molar-refractivity contribution in [2.45, 2.75) is 64.8 Å². The molecule has 2 heterocycles. The monoisotopic (exact) mass is 458 g/mol. The van der Waals surface area contributed by atoms with Crippen LogP contribution in [0.25, 0.3) is 0 Å². The van der Waals surface area contributed by atoms with Gasteiger partial charge in [-0.2, -0.15) is 0 Å². The number of rotatable bonds is 14. The zero-order valence-electron chi connectivity index (χ0n) is 19.3. The molecule has 2 aliphatic heterocycles. The maximum Gasteiger partial charge on any atom is 0.323 e. The first-order valence-electron chi connectivity index (χ1n) is 11.8. The summed E-state index contributed by atoms with van der Waals surface area (Å²) in [5, 5.41) is 11.8. The van der Waals surface area contributed by atoms with Gasteiger partial charge in [0.1, 0.15) is 18.8 Å². The van der Waals surface area contributed by atoms with Crippen LogP contribution in [0.15, 0.2) is 23.2 Å². The van der Waals surface area contributed by atoms with E-state index in [1.165, 1.54) is 4.90 Å². The van der Waals surface area contributed by atoms with E-state index >= 15 is 0 Å². The average Bonchev–Trinajstić information content (AvgIpc) is 3.14. The standard InChI is InChI=1S/C24H34N4O5/c1-2-3-4-7-12-27(17-23(31)32)22(30)9-6-5-8-13-33-19-10-11-20-18(14-19)15-28-16-21(29)26-24(28)25-20/h10-11,14H,2-9,12-13,15-17H2,1H3,(H,31,32)(H,25,26,29). The molecule has 0 bridgehead atoms. The Morgan fingerprint density at radius 3 is 2.76 bits per heavy atom. The van der Waals surface area contributed by atoms with Crippen molar-refractivity contribution in [2.24, 2.45) is 4.99 Å². The molecule has 1 aromatic rings. The number of fused-ring (bicyclic) bond motifs is 2. The lowest BCUT2D eigenvalue weighted by Crippen LogP contribution is -2.36. The van der Waals surface area contributed by atoms with Gasteiger partial charge in [0.05, 0.1) is 12.3 Å². The number of guanidine groups is 1. The van der Waals surface area contributed by atoms with Gasteiger partial charge in [0.25, 0.3) is 0 Å². The van der Waals surface area contributed by atoms with Gasteiger partial charge in [-0.1, -0.05) is 26.2 Å². The Bertz CT molecular complexity index is 886. The molecular weight excluding hydrogens is 424 g/mol. The molecule has 2 N–H and O–H groups in total. The molecular formula is C24H34N4O5. The van der Waals surface area contributed by atoms with Crippen molar-refractivity contribution in [1.82, 2.24) is 15.1 Å². The summed E-state index contributed by atoms with van der Waals surface area (Å²) < 4.78 is 5.87. The van der Waals surface area contributed by atoms with Gasteiger partial charge >= 0.3 is 5.97 Å². The SMILES string of the molecule is CCCCCCN(CC(=O)O)C(=O)CCCCCOc1ccc2c(c1)CN1CC(=O)NC1=N2. The van der Waals surface area contributed by atoms with Crippen molar-refractivity contribution in [2.75, 3.05) is 26.2 Å². The highest BCUT2D eigenvalue weighted by Crippen LogP contribution is 2.30. The van der Waals surface area contributed by atoms with Crippen LogP contribution in [0.1, 0.15) is 63.9 Å². The largest absolute Gasteiger partial charge is 0.494 e. The summed E-state index contributed by atoms with van der Waals surface area (Å²) in [4.78, 5) is 42.9. The number of nitrogens with zero attached hydrogens (tertiary/aromatic N) is 3. The van der Waals surface area contributed by atoms with E-state index in [4.69, 9.17) is 9.84 Å². The number of amides is 2. The Balaban J connectivity index is 1.35. The molecule has 9 nitrogen and oxygen atoms in total. The first-order chi connectivity index (χ1) is 16.0. The Morgan fingerprint density at radius 1 is 1.15 bits per heavy atom. The number of hydrogen-bond donors (Lipinski definition) is 2. The normalized spacial score (nSPS) is 14.3. The number of carbonyl (C=O) groups is 3. The second-order valence-corrected chi connectivity index (χ2v) is 8.56. The number of aliphatic carboxylic acids is 1. The summed E-state index contributed by atoms with van der Waals surface area (Å²) in [6.45, 7) is 3.90. The fraction of sp³-hybridized carbons (Fsp3) is 0.583. The minimum absolute atomic E-state index is 0.0425. The van der Waals surface area contributed by atoms with Crippen LogP contribution >= 0.6 is 0 Å². The van der Waals surface area contributed by atoms with E-state index in [1.54, 1.807) is 0 Å². The molecule has 0 saturated carbocycles. The zero-order chi connectivity index (χ0) is 23.6. The van der Waals surface area contributed by atoms with Gasteiger partial charge < -0.3 is 19.6 Å². The Morgan fingerprint density at radius 2 is 1.97 bits per heavy atom. The molecule has 0 unspecified atom stereocenters. The quantitative estimate of drug-likeness (QED) is 0.415. The van der Waals surface area contributed by atoms with Crippen LogP contribution in [0.4, 0.5) is 5.69 Å². The Kier molecular flexibility index (Phi) is 9.09. The van der Waals surface area contributed by atoms with Gasteiger partial charge in [-0.3, -0.25) is 19.7 Å². The topological polar surface area (TPSA) is 112 Å². The lowest BCUT2D eigenvalue weighted by atomic mass is 10.1. The first-order valence-corrected chi connectivity index (χ1v) is 11.8. The predicted molar refractivity (Wildman–Crippen MR) is 124 cm³/mol. The molecule has 33 heavy (non-hydrogen) atoms. The van der Waals surface area contributed by atoms with Crippen molar-refractivity contribution in [3.05, 3.63) is 23.8 Å². The van der Waals surface area contributed by atoms with E-state index in [9.17, 15) is 14.4 Å². The fourth-order valence-corrected chi connectivity index (χ4v) is 4.02. The maximum absolute atomic E-state index is 12.4. The smallest absolute Gasteiger partial charge is 0.323 e. The second kappa shape index (κ2) is 12.2. The molecule has 1 saturated heterocycles. The minimum Gasteiger partial charge on any atom is -0.494 e. The number of aliphatic imine (C=N–C) groups is 1.